The molecule has 2 aromatic heterocycles. The minimum Gasteiger partial charge on any atom is -0.489 e. The Hall–Kier alpha value is -4.04. The molecule has 170 valence electrons. The van der Waals surface area contributed by atoms with Gasteiger partial charge in [0.2, 0.25) is 0 Å². The predicted molar refractivity (Wildman–Crippen MR) is 130 cm³/mol. The number of thiophene rings is 1. The zero-order valence-electron chi connectivity index (χ0n) is 18.3. The van der Waals surface area contributed by atoms with E-state index in [9.17, 15) is 9.18 Å². The van der Waals surface area contributed by atoms with Crippen LogP contribution < -0.4 is 10.1 Å². The highest BCUT2D eigenvalue weighted by molar-refractivity contribution is 7.21. The summed E-state index contributed by atoms with van der Waals surface area (Å²) in [5, 5.41) is 7.59. The smallest absolute Gasteiger partial charge is 0.262 e. The maximum Gasteiger partial charge on any atom is 0.262 e. The van der Waals surface area contributed by atoms with Crippen LogP contribution in [-0.4, -0.2) is 20.7 Å². The van der Waals surface area contributed by atoms with Crippen LogP contribution in [0.3, 0.4) is 0 Å². The normalized spacial score (nSPS) is 11.9. The van der Waals surface area contributed by atoms with Crippen LogP contribution in [0.1, 0.15) is 33.8 Å². The molecule has 1 N–H and O–H groups in total. The molecule has 1 atom stereocenters. The summed E-state index contributed by atoms with van der Waals surface area (Å²) in [6.07, 6.45) is 3.10. The zero-order valence-corrected chi connectivity index (χ0v) is 19.1. The summed E-state index contributed by atoms with van der Waals surface area (Å²) in [6.45, 7) is 2.01. The van der Waals surface area contributed by atoms with Gasteiger partial charge in [-0.25, -0.2) is 14.1 Å². The van der Waals surface area contributed by atoms with Crippen molar-refractivity contribution >= 4 is 27.3 Å². The van der Waals surface area contributed by atoms with E-state index in [0.29, 0.717) is 26.3 Å². The molecule has 0 bridgehead atoms. The number of nitrogens with one attached hydrogen (secondary N) is 1. The van der Waals surface area contributed by atoms with Crippen molar-refractivity contribution in [1.82, 2.24) is 20.1 Å². The fourth-order valence-corrected chi connectivity index (χ4v) is 4.89. The monoisotopic (exact) mass is 472 g/mol. The minimum absolute atomic E-state index is 0.0919. The van der Waals surface area contributed by atoms with Crippen molar-refractivity contribution in [2.24, 2.45) is 0 Å². The van der Waals surface area contributed by atoms with E-state index in [0.717, 1.165) is 11.3 Å². The van der Waals surface area contributed by atoms with Gasteiger partial charge in [-0.15, -0.1) is 11.3 Å². The summed E-state index contributed by atoms with van der Waals surface area (Å²) in [4.78, 5) is 17.7. The number of amides is 1. The van der Waals surface area contributed by atoms with Crippen molar-refractivity contribution in [3.63, 3.8) is 0 Å². The van der Waals surface area contributed by atoms with Gasteiger partial charge >= 0.3 is 0 Å². The molecular weight excluding hydrogens is 451 g/mol. The van der Waals surface area contributed by atoms with Gasteiger partial charge in [0.05, 0.1) is 16.6 Å². The molecular formula is C26H21FN4O2S. The summed E-state index contributed by atoms with van der Waals surface area (Å²) in [5.41, 5.74) is 2.36. The quantitative estimate of drug-likeness (QED) is 0.330. The Labute approximate surface area is 199 Å². The van der Waals surface area contributed by atoms with Crippen molar-refractivity contribution < 1.29 is 13.9 Å². The molecule has 0 aliphatic rings. The third-order valence-corrected chi connectivity index (χ3v) is 6.72. The number of aromatic nitrogens is 3. The minimum atomic E-state index is -0.365. The maximum absolute atomic E-state index is 14.7. The number of hydrogen-bond acceptors (Lipinski definition) is 5. The number of benzene rings is 3. The van der Waals surface area contributed by atoms with Gasteiger partial charge in [0.15, 0.2) is 0 Å². The second-order valence-electron chi connectivity index (χ2n) is 7.75. The number of fused-ring (bicyclic) bond motifs is 1. The van der Waals surface area contributed by atoms with E-state index in [1.54, 1.807) is 17.1 Å². The van der Waals surface area contributed by atoms with Crippen LogP contribution in [0.25, 0.3) is 15.8 Å². The predicted octanol–water partition coefficient (Wildman–Crippen LogP) is 5.69. The lowest BCUT2D eigenvalue weighted by atomic mass is 10.1. The lowest BCUT2D eigenvalue weighted by Crippen LogP contribution is -2.26. The number of carbonyl (C=O) groups excluding carboxylic acids is 1. The summed E-state index contributed by atoms with van der Waals surface area (Å²) in [6, 6.07) is 21.6. The van der Waals surface area contributed by atoms with E-state index >= 15 is 0 Å². The molecule has 0 aliphatic heterocycles. The molecule has 2 heterocycles. The second-order valence-corrected chi connectivity index (χ2v) is 8.80. The summed E-state index contributed by atoms with van der Waals surface area (Å²) in [5.74, 6) is 0.0294. The summed E-state index contributed by atoms with van der Waals surface area (Å²) < 4.78 is 23.0. The molecule has 3 aromatic carbocycles. The van der Waals surface area contributed by atoms with E-state index in [1.807, 2.05) is 67.6 Å². The molecule has 0 aliphatic carbocycles. The average molecular weight is 473 g/mol. The van der Waals surface area contributed by atoms with Gasteiger partial charge in [0.1, 0.15) is 30.8 Å². The molecule has 0 saturated heterocycles. The van der Waals surface area contributed by atoms with Crippen molar-refractivity contribution in [2.45, 2.75) is 19.6 Å². The highest BCUT2D eigenvalue weighted by atomic mass is 32.1. The van der Waals surface area contributed by atoms with Crippen LogP contribution in [0.15, 0.2) is 85.5 Å². The van der Waals surface area contributed by atoms with Crippen molar-refractivity contribution in [1.29, 1.82) is 0 Å². The van der Waals surface area contributed by atoms with E-state index in [-0.39, 0.29) is 24.4 Å². The third-order valence-electron chi connectivity index (χ3n) is 5.52. The van der Waals surface area contributed by atoms with Crippen LogP contribution in [0.2, 0.25) is 0 Å². The van der Waals surface area contributed by atoms with Crippen LogP contribution in [0, 0.1) is 5.82 Å². The first kappa shape index (κ1) is 21.8. The number of para-hydroxylation sites is 1. The largest absolute Gasteiger partial charge is 0.489 e. The lowest BCUT2D eigenvalue weighted by Gasteiger charge is -2.15. The maximum atomic E-state index is 14.7. The number of nitrogens with zero attached hydrogens (tertiary/aromatic N) is 3. The van der Waals surface area contributed by atoms with E-state index in [4.69, 9.17) is 4.74 Å². The lowest BCUT2D eigenvalue weighted by molar-refractivity contribution is 0.0942. The van der Waals surface area contributed by atoms with E-state index < -0.39 is 0 Å². The van der Waals surface area contributed by atoms with Gasteiger partial charge in [-0.1, -0.05) is 36.4 Å². The molecule has 1 unspecified atom stereocenters. The first-order valence-electron chi connectivity index (χ1n) is 10.7. The number of rotatable bonds is 7. The van der Waals surface area contributed by atoms with Crippen LogP contribution >= 0.6 is 11.3 Å². The van der Waals surface area contributed by atoms with Gasteiger partial charge in [-0.3, -0.25) is 4.79 Å². The molecule has 6 nitrogen and oxygen atoms in total. The summed E-state index contributed by atoms with van der Waals surface area (Å²) in [7, 11) is 0. The van der Waals surface area contributed by atoms with Crippen molar-refractivity contribution in [3.8, 4) is 11.4 Å². The molecule has 1 amide bonds. The number of hydrogen-bond donors (Lipinski definition) is 1. The number of carbonyl (C=O) groups is 1. The molecule has 0 saturated carbocycles. The first-order valence-corrected chi connectivity index (χ1v) is 11.6. The zero-order chi connectivity index (χ0) is 23.5. The number of halogens is 1. The molecule has 5 aromatic rings. The van der Waals surface area contributed by atoms with Crippen LogP contribution in [0.4, 0.5) is 4.39 Å². The fourth-order valence-electron chi connectivity index (χ4n) is 3.76. The molecule has 8 heteroatoms. The van der Waals surface area contributed by atoms with Crippen LogP contribution in [0.5, 0.6) is 5.75 Å². The average Bonchev–Trinajstić information content (AvgIpc) is 3.53. The van der Waals surface area contributed by atoms with Gasteiger partial charge in [0.25, 0.3) is 5.91 Å². The fraction of sp³-hybridized carbons (Fsp3) is 0.115. The SMILES string of the molecule is CC(NC(=O)c1sc2cccc(F)c2c1COc1ccccc1)c1ccc(-n2cncn2)cc1. The Morgan fingerprint density at radius 3 is 2.62 bits per heavy atom. The first-order chi connectivity index (χ1) is 16.6. The third kappa shape index (κ3) is 4.40. The Morgan fingerprint density at radius 2 is 1.88 bits per heavy atom. The Bertz CT molecular complexity index is 1420. The Morgan fingerprint density at radius 1 is 1.09 bits per heavy atom. The van der Waals surface area contributed by atoms with Crippen molar-refractivity contribution in [2.75, 3.05) is 0 Å². The van der Waals surface area contributed by atoms with Gasteiger partial charge in [0, 0.05) is 15.6 Å². The van der Waals surface area contributed by atoms with Gasteiger partial charge in [-0.05, 0) is 48.9 Å². The Kier molecular flexibility index (Phi) is 6.05. The van der Waals surface area contributed by atoms with Gasteiger partial charge < -0.3 is 10.1 Å². The molecule has 0 radical (unpaired) electrons. The Balaban J connectivity index is 1.39. The molecule has 34 heavy (non-hydrogen) atoms. The molecule has 5 rings (SSSR count). The van der Waals surface area contributed by atoms with Crippen molar-refractivity contribution in [3.05, 3.63) is 107 Å². The highest BCUT2D eigenvalue weighted by Gasteiger charge is 2.22. The summed E-state index contributed by atoms with van der Waals surface area (Å²) >= 11 is 1.27. The second kappa shape index (κ2) is 9.44. The molecule has 0 spiro atoms. The van der Waals surface area contributed by atoms with E-state index in [2.05, 4.69) is 15.4 Å². The standard InChI is InChI=1S/C26H21FN4O2S/c1-17(18-10-12-19(13-11-18)31-16-28-15-29-31)30-26(32)25-21(14-33-20-6-3-2-4-7-20)24-22(27)8-5-9-23(24)34-25/h2-13,15-17H,14H2,1H3,(H,30,32). The van der Waals surface area contributed by atoms with Gasteiger partial charge in [-0.2, -0.15) is 5.10 Å². The number of ether oxygens (including phenoxy) is 1. The molecule has 0 fully saturated rings. The topological polar surface area (TPSA) is 69.0 Å². The van der Waals surface area contributed by atoms with Crippen LogP contribution in [-0.2, 0) is 6.61 Å². The highest BCUT2D eigenvalue weighted by Crippen LogP contribution is 2.34. The van der Waals surface area contributed by atoms with E-state index in [1.165, 1.54) is 23.7 Å².